The average molecular weight is 865 g/mol. The first-order valence-corrected chi connectivity index (χ1v) is 24.7. The Bertz CT molecular complexity index is 3340. The Balaban J connectivity index is 1.20. The molecule has 0 atom stereocenters. The second kappa shape index (κ2) is 16.9. The van der Waals surface area contributed by atoms with Gasteiger partial charge in [-0.3, -0.25) is 0 Å². The van der Waals surface area contributed by atoms with E-state index < -0.39 is 8.07 Å². The minimum atomic E-state index is -2.85. The number of hydrogen-bond acceptors (Lipinski definition) is 3. The van der Waals surface area contributed by atoms with E-state index in [4.69, 9.17) is 15.0 Å². The fourth-order valence-electron chi connectivity index (χ4n) is 9.74. The van der Waals surface area contributed by atoms with E-state index in [1.165, 1.54) is 37.1 Å². The second-order valence-electron chi connectivity index (χ2n) is 18.0. The van der Waals surface area contributed by atoms with Crippen LogP contribution in [0.25, 0.3) is 72.8 Å². The van der Waals surface area contributed by atoms with E-state index in [1.807, 2.05) is 36.4 Å². The highest BCUT2D eigenvalue weighted by molar-refractivity contribution is 7.19. The van der Waals surface area contributed by atoms with Crippen LogP contribution in [0.15, 0.2) is 237 Å². The van der Waals surface area contributed by atoms with Crippen molar-refractivity contribution in [3.63, 3.8) is 0 Å². The molecule has 0 saturated carbocycles. The first-order valence-electron chi connectivity index (χ1n) is 22.7. The predicted molar refractivity (Wildman–Crippen MR) is 278 cm³/mol. The summed E-state index contributed by atoms with van der Waals surface area (Å²) < 4.78 is 2.40. The zero-order chi connectivity index (χ0) is 44.7. The van der Waals surface area contributed by atoms with Crippen LogP contribution in [0.3, 0.4) is 0 Å². The highest BCUT2D eigenvalue weighted by Gasteiger charge is 2.41. The third-order valence-corrected chi connectivity index (χ3v) is 17.7. The molecule has 316 valence electrons. The lowest BCUT2D eigenvalue weighted by atomic mass is 9.86. The molecule has 0 saturated heterocycles. The number of benzene rings is 9. The fourth-order valence-corrected chi connectivity index (χ4v) is 14.5. The Hall–Kier alpha value is -7.99. The molecular weight excluding hydrogens is 817 g/mol. The maximum atomic E-state index is 5.36. The monoisotopic (exact) mass is 864 g/mol. The third-order valence-electron chi connectivity index (χ3n) is 13.0. The highest BCUT2D eigenvalue weighted by atomic mass is 28.3. The van der Waals surface area contributed by atoms with E-state index in [9.17, 15) is 0 Å². The van der Waals surface area contributed by atoms with E-state index in [0.29, 0.717) is 17.5 Å². The van der Waals surface area contributed by atoms with Crippen LogP contribution in [-0.4, -0.2) is 27.6 Å². The Morgan fingerprint density at radius 2 is 0.818 bits per heavy atom. The minimum absolute atomic E-state index is 0.00827. The van der Waals surface area contributed by atoms with Crippen LogP contribution in [0.5, 0.6) is 0 Å². The summed E-state index contributed by atoms with van der Waals surface area (Å²) in [5.74, 6) is 1.86. The van der Waals surface area contributed by atoms with Crippen LogP contribution in [0, 0.1) is 0 Å². The van der Waals surface area contributed by atoms with E-state index in [0.717, 1.165) is 44.5 Å². The Morgan fingerprint density at radius 1 is 0.348 bits per heavy atom. The standard InChI is InChI=1S/C61H48N4Si/c1-61(2,3)46-36-39-57-54(41-46)53-34-19-20-35-56(53)65(57)47-37-38-52(55(42-47)60-63-58(43-22-9-4-10-23-43)62-59(64-60)44-24-11-5-12-25-44)45-26-21-33-51(40-45)66(48-27-13-6-14-28-48,49-29-15-7-16-30-49)50-31-17-8-18-32-50/h4-42H,1-3H3. The number of hydrogen-bond donors (Lipinski definition) is 0. The number of nitrogens with zero attached hydrogens (tertiary/aromatic N) is 4. The summed E-state index contributed by atoms with van der Waals surface area (Å²) in [5.41, 5.74) is 9.56. The van der Waals surface area contributed by atoms with Gasteiger partial charge in [0.1, 0.15) is 0 Å². The van der Waals surface area contributed by atoms with Crippen molar-refractivity contribution in [1.29, 1.82) is 0 Å². The van der Waals surface area contributed by atoms with Crippen LogP contribution in [-0.2, 0) is 5.41 Å². The van der Waals surface area contributed by atoms with Crippen LogP contribution >= 0.6 is 0 Å². The van der Waals surface area contributed by atoms with Gasteiger partial charge in [-0.15, -0.1) is 0 Å². The fraction of sp³-hybridized carbons (Fsp3) is 0.0656. The molecule has 5 heteroatoms. The molecule has 0 N–H and O–H groups in total. The summed E-state index contributed by atoms with van der Waals surface area (Å²) in [7, 11) is -2.85. The van der Waals surface area contributed by atoms with Gasteiger partial charge >= 0.3 is 0 Å². The van der Waals surface area contributed by atoms with Gasteiger partial charge in [0.2, 0.25) is 0 Å². The van der Waals surface area contributed by atoms with Gasteiger partial charge in [0.25, 0.3) is 0 Å². The smallest absolute Gasteiger partial charge is 0.179 e. The molecule has 2 heterocycles. The van der Waals surface area contributed by atoms with Crippen molar-refractivity contribution in [2.75, 3.05) is 0 Å². The molecule has 4 nitrogen and oxygen atoms in total. The molecule has 0 aliphatic carbocycles. The van der Waals surface area contributed by atoms with Crippen LogP contribution < -0.4 is 20.7 Å². The topological polar surface area (TPSA) is 43.6 Å². The molecule has 9 aromatic carbocycles. The minimum Gasteiger partial charge on any atom is -0.309 e. The highest BCUT2D eigenvalue weighted by Crippen LogP contribution is 2.39. The largest absolute Gasteiger partial charge is 0.309 e. The molecule has 0 spiro atoms. The lowest BCUT2D eigenvalue weighted by Crippen LogP contribution is -2.74. The number of fused-ring (bicyclic) bond motifs is 3. The predicted octanol–water partition coefficient (Wildman–Crippen LogP) is 12.3. The third kappa shape index (κ3) is 7.24. The van der Waals surface area contributed by atoms with E-state index in [1.54, 1.807) is 0 Å². The molecule has 0 unspecified atom stereocenters. The zero-order valence-electron chi connectivity index (χ0n) is 37.3. The Labute approximate surface area is 387 Å². The Kier molecular flexibility index (Phi) is 10.4. The maximum absolute atomic E-state index is 5.36. The van der Waals surface area contributed by atoms with Gasteiger partial charge in [0, 0.05) is 33.2 Å². The summed E-state index contributed by atoms with van der Waals surface area (Å²) in [4.78, 5) is 15.8. The molecule has 0 radical (unpaired) electrons. The van der Waals surface area contributed by atoms with Crippen molar-refractivity contribution >= 4 is 50.6 Å². The van der Waals surface area contributed by atoms with Crippen molar-refractivity contribution < 1.29 is 0 Å². The zero-order valence-corrected chi connectivity index (χ0v) is 38.3. The molecule has 66 heavy (non-hydrogen) atoms. The van der Waals surface area contributed by atoms with Gasteiger partial charge in [-0.05, 0) is 73.2 Å². The van der Waals surface area contributed by atoms with Gasteiger partial charge in [-0.25, -0.2) is 15.0 Å². The molecular formula is C61H48N4Si. The summed E-state index contributed by atoms with van der Waals surface area (Å²) in [5, 5.41) is 7.73. The molecule has 11 aromatic rings. The van der Waals surface area contributed by atoms with Crippen molar-refractivity contribution in [2.24, 2.45) is 0 Å². The van der Waals surface area contributed by atoms with Gasteiger partial charge in [0.05, 0.1) is 11.0 Å². The second-order valence-corrected chi connectivity index (χ2v) is 21.8. The number of aromatic nitrogens is 4. The van der Waals surface area contributed by atoms with Gasteiger partial charge in [-0.2, -0.15) is 0 Å². The number of rotatable bonds is 9. The first-order chi connectivity index (χ1) is 32.4. The van der Waals surface area contributed by atoms with E-state index >= 15 is 0 Å². The molecule has 0 aliphatic rings. The SMILES string of the molecule is CC(C)(C)c1ccc2c(c1)c1ccccc1n2-c1ccc(-c2cccc([Si](c3ccccc3)(c3ccccc3)c3ccccc3)c2)c(-c2nc(-c3ccccc3)nc(-c3ccccc3)n2)c1. The van der Waals surface area contributed by atoms with Crippen molar-refractivity contribution in [3.8, 4) is 51.0 Å². The summed E-state index contributed by atoms with van der Waals surface area (Å²) in [6, 6.07) is 85.6. The van der Waals surface area contributed by atoms with Crippen molar-refractivity contribution in [2.45, 2.75) is 26.2 Å². The Morgan fingerprint density at radius 3 is 1.38 bits per heavy atom. The van der Waals surface area contributed by atoms with Crippen molar-refractivity contribution in [1.82, 2.24) is 19.5 Å². The molecule has 2 aromatic heterocycles. The first kappa shape index (κ1) is 40.8. The van der Waals surface area contributed by atoms with Gasteiger partial charge < -0.3 is 4.57 Å². The molecule has 0 amide bonds. The molecule has 11 rings (SSSR count). The van der Waals surface area contributed by atoms with Crippen LogP contribution in [0.4, 0.5) is 0 Å². The quantitative estimate of drug-likeness (QED) is 0.107. The molecule has 0 aliphatic heterocycles. The maximum Gasteiger partial charge on any atom is 0.179 e. The van der Waals surface area contributed by atoms with Gasteiger partial charge in [0.15, 0.2) is 25.5 Å². The number of para-hydroxylation sites is 1. The molecule has 0 fully saturated rings. The van der Waals surface area contributed by atoms with Crippen LogP contribution in [0.1, 0.15) is 26.3 Å². The van der Waals surface area contributed by atoms with Gasteiger partial charge in [-0.1, -0.05) is 227 Å². The van der Waals surface area contributed by atoms with Crippen LogP contribution in [0.2, 0.25) is 0 Å². The molecule has 0 bridgehead atoms. The summed E-state index contributed by atoms with van der Waals surface area (Å²) >= 11 is 0. The van der Waals surface area contributed by atoms with Crippen molar-refractivity contribution in [3.05, 3.63) is 242 Å². The summed E-state index contributed by atoms with van der Waals surface area (Å²) in [6.45, 7) is 6.84. The lowest BCUT2D eigenvalue weighted by Gasteiger charge is -2.34. The summed E-state index contributed by atoms with van der Waals surface area (Å²) in [6.07, 6.45) is 0. The van der Waals surface area contributed by atoms with E-state index in [2.05, 4.69) is 226 Å². The van der Waals surface area contributed by atoms with E-state index in [-0.39, 0.29) is 5.41 Å². The average Bonchev–Trinajstić information content (AvgIpc) is 3.71. The normalized spacial score (nSPS) is 11.9. The lowest BCUT2D eigenvalue weighted by molar-refractivity contribution is 0.591.